The van der Waals surface area contributed by atoms with Crippen LogP contribution in [0.3, 0.4) is 0 Å². The van der Waals surface area contributed by atoms with Crippen molar-refractivity contribution in [3.05, 3.63) is 125 Å². The quantitative estimate of drug-likeness (QED) is 0.200. The van der Waals surface area contributed by atoms with Crippen LogP contribution in [0.2, 0.25) is 0 Å². The van der Waals surface area contributed by atoms with Crippen molar-refractivity contribution in [3.63, 3.8) is 0 Å². The first-order valence-corrected chi connectivity index (χ1v) is 14.7. The van der Waals surface area contributed by atoms with Crippen LogP contribution in [-0.4, -0.2) is 0 Å². The summed E-state index contributed by atoms with van der Waals surface area (Å²) in [6, 6.07) is 30.3. The summed E-state index contributed by atoms with van der Waals surface area (Å²) in [6.45, 7) is 9.59. The van der Waals surface area contributed by atoms with Crippen LogP contribution in [0.5, 0.6) is 0 Å². The molecular weight excluding hydrogens is 524 g/mol. The first-order chi connectivity index (χ1) is 22.1. The minimum absolute atomic E-state index is 0.304. The molecule has 0 saturated carbocycles. The molecule has 3 heteroatoms. The van der Waals surface area contributed by atoms with E-state index >= 15 is 0 Å². The van der Waals surface area contributed by atoms with Gasteiger partial charge in [-0.2, -0.15) is 5.26 Å². The van der Waals surface area contributed by atoms with Gasteiger partial charge < -0.3 is 4.42 Å². The van der Waals surface area contributed by atoms with Crippen LogP contribution in [0.25, 0.3) is 44.3 Å². The van der Waals surface area contributed by atoms with E-state index in [1.807, 2.05) is 49.6 Å². The van der Waals surface area contributed by atoms with Gasteiger partial charge in [-0.25, -0.2) is 4.57 Å². The molecule has 43 heavy (non-hydrogen) atoms. The summed E-state index contributed by atoms with van der Waals surface area (Å²) in [5.74, 6) is 0. The zero-order chi connectivity index (χ0) is 33.7. The van der Waals surface area contributed by atoms with Crippen LogP contribution in [0, 0.1) is 23.7 Å². The van der Waals surface area contributed by atoms with Gasteiger partial charge in [-0.3, -0.25) is 0 Å². The molecular formula is C40H37N2O+. The van der Waals surface area contributed by atoms with Crippen LogP contribution in [0.1, 0.15) is 66.6 Å². The van der Waals surface area contributed by atoms with Crippen LogP contribution < -0.4 is 4.57 Å². The van der Waals surface area contributed by atoms with Crippen molar-refractivity contribution in [1.82, 2.24) is 0 Å². The Morgan fingerprint density at radius 1 is 0.860 bits per heavy atom. The van der Waals surface area contributed by atoms with E-state index in [-0.39, 0.29) is 0 Å². The second kappa shape index (κ2) is 9.68. The van der Waals surface area contributed by atoms with Crippen molar-refractivity contribution in [2.24, 2.45) is 12.5 Å². The lowest BCUT2D eigenvalue weighted by Gasteiger charge is -2.28. The van der Waals surface area contributed by atoms with Gasteiger partial charge in [0.05, 0.1) is 11.1 Å². The first kappa shape index (κ1) is 22.9. The molecule has 1 aliphatic carbocycles. The van der Waals surface area contributed by atoms with Crippen LogP contribution in [-0.2, 0) is 25.2 Å². The minimum atomic E-state index is -1.95. The van der Waals surface area contributed by atoms with Crippen LogP contribution >= 0.6 is 0 Å². The summed E-state index contributed by atoms with van der Waals surface area (Å²) in [5, 5.41) is 12.7. The molecule has 7 rings (SSSR count). The van der Waals surface area contributed by atoms with E-state index in [4.69, 9.17) is 9.90 Å². The highest BCUT2D eigenvalue weighted by atomic mass is 16.3. The molecule has 0 atom stereocenters. The number of hydrogen-bond donors (Lipinski definition) is 0. The molecule has 0 aliphatic heterocycles. The third kappa shape index (κ3) is 4.28. The molecule has 0 unspecified atom stereocenters. The molecule has 0 fully saturated rings. The number of nitriles is 1. The maximum absolute atomic E-state index is 11.0. The van der Waals surface area contributed by atoms with E-state index in [1.165, 1.54) is 0 Å². The summed E-state index contributed by atoms with van der Waals surface area (Å²) in [4.78, 5) is 0. The number of fused-ring (bicyclic) bond motifs is 4. The van der Waals surface area contributed by atoms with Gasteiger partial charge in [0.2, 0.25) is 5.69 Å². The monoisotopic (exact) mass is 565 g/mol. The molecule has 0 amide bonds. The number of nitrogens with zero attached hydrogens (tertiary/aromatic N) is 2. The molecule has 0 radical (unpaired) electrons. The Hall–Kier alpha value is -4.68. The Labute approximate surface area is 259 Å². The maximum atomic E-state index is 11.0. The largest absolute Gasteiger partial charge is 0.454 e. The van der Waals surface area contributed by atoms with Gasteiger partial charge in [0.25, 0.3) is 0 Å². The third-order valence-corrected chi connectivity index (χ3v) is 8.93. The smallest absolute Gasteiger partial charge is 0.216 e. The van der Waals surface area contributed by atoms with Gasteiger partial charge in [-0.15, -0.1) is 0 Å². The van der Waals surface area contributed by atoms with E-state index in [9.17, 15) is 5.26 Å². The number of hydrogen-bond acceptors (Lipinski definition) is 2. The van der Waals surface area contributed by atoms with Gasteiger partial charge in [0, 0.05) is 39.4 Å². The molecule has 4 aromatic carbocycles. The summed E-state index contributed by atoms with van der Waals surface area (Å²) < 4.78 is 44.9. The van der Waals surface area contributed by atoms with Gasteiger partial charge in [-0.1, -0.05) is 88.4 Å². The van der Waals surface area contributed by atoms with Crippen LogP contribution in [0.4, 0.5) is 0 Å². The number of furan rings is 1. The second-order valence-electron chi connectivity index (χ2n) is 12.7. The highest BCUT2D eigenvalue weighted by Gasteiger charge is 2.33. The first-order valence-electron chi connectivity index (χ1n) is 16.7. The van der Waals surface area contributed by atoms with Crippen molar-refractivity contribution in [2.45, 2.75) is 52.8 Å². The average molecular weight is 566 g/mol. The van der Waals surface area contributed by atoms with E-state index in [1.54, 1.807) is 26.0 Å². The molecule has 0 N–H and O–H groups in total. The summed E-state index contributed by atoms with van der Waals surface area (Å²) in [7, 11) is 2.01. The zero-order valence-corrected chi connectivity index (χ0v) is 25.5. The number of benzene rings is 4. The van der Waals surface area contributed by atoms with Gasteiger partial charge >= 0.3 is 0 Å². The zero-order valence-electron chi connectivity index (χ0n) is 29.5. The van der Waals surface area contributed by atoms with Crippen molar-refractivity contribution >= 4 is 21.9 Å². The molecule has 1 aliphatic rings. The van der Waals surface area contributed by atoms with Gasteiger partial charge in [-0.05, 0) is 70.6 Å². The molecule has 2 heterocycles. The molecule has 0 spiro atoms. The van der Waals surface area contributed by atoms with Crippen molar-refractivity contribution in [2.75, 3.05) is 0 Å². The Morgan fingerprint density at radius 2 is 1.58 bits per heavy atom. The number of pyridine rings is 1. The summed E-state index contributed by atoms with van der Waals surface area (Å²) in [5.41, 5.74) is 6.62. The van der Waals surface area contributed by atoms with Crippen molar-refractivity contribution in [3.8, 4) is 28.5 Å². The van der Waals surface area contributed by atoms with Crippen molar-refractivity contribution in [1.29, 1.82) is 5.26 Å². The highest BCUT2D eigenvalue weighted by molar-refractivity contribution is 6.14. The van der Waals surface area contributed by atoms with E-state index in [0.717, 1.165) is 44.3 Å². The standard InChI is InChI=1S/C40H37N2O/c1-25-15-18-30-31-21-33(40(4,5)29-12-8-7-9-13-29)32(24-41)36(26-16-17-27-22-39(2,3)23-28(27)20-26)38(31)43-37(30)35(25)34-14-10-11-19-42(34)6/h7-21H,22-23H2,1-6H3/q+1/i22D2,23D2. The third-order valence-electron chi connectivity index (χ3n) is 8.93. The molecule has 3 nitrogen and oxygen atoms in total. The minimum Gasteiger partial charge on any atom is -0.454 e. The number of aromatic nitrogens is 1. The lowest BCUT2D eigenvalue weighted by molar-refractivity contribution is -0.660. The molecule has 6 aromatic rings. The lowest BCUT2D eigenvalue weighted by Crippen LogP contribution is -2.30. The normalized spacial score (nSPS) is 18.0. The van der Waals surface area contributed by atoms with E-state index in [2.05, 4.69) is 67.8 Å². The molecule has 212 valence electrons. The predicted molar refractivity (Wildman–Crippen MR) is 175 cm³/mol. The Balaban J connectivity index is 1.63. The Bertz CT molecular complexity index is 2290. The van der Waals surface area contributed by atoms with E-state index < -0.39 is 23.6 Å². The van der Waals surface area contributed by atoms with Crippen molar-refractivity contribution < 1.29 is 14.5 Å². The Kier molecular flexibility index (Phi) is 5.15. The fourth-order valence-electron chi connectivity index (χ4n) is 6.69. The second-order valence-corrected chi connectivity index (χ2v) is 12.7. The molecule has 0 saturated heterocycles. The number of aryl methyl sites for hydroxylation is 2. The SMILES string of the molecule is [2H]C1([2H])c2ccc(-c3c(C#N)c(C(C)(C)c4ccccc4)cc4c3oc3c(-c5cccc[n+]5C)c(C)ccc34)cc2C([2H])([2H])C1(C)C. The topological polar surface area (TPSA) is 40.8 Å². The van der Waals surface area contributed by atoms with Gasteiger partial charge in [0.1, 0.15) is 24.3 Å². The maximum Gasteiger partial charge on any atom is 0.216 e. The van der Waals surface area contributed by atoms with Crippen LogP contribution in [0.15, 0.2) is 95.5 Å². The summed E-state index contributed by atoms with van der Waals surface area (Å²) >= 11 is 0. The predicted octanol–water partition coefficient (Wildman–Crippen LogP) is 9.38. The summed E-state index contributed by atoms with van der Waals surface area (Å²) in [6.07, 6.45) is -1.82. The van der Waals surface area contributed by atoms with E-state index in [0.29, 0.717) is 33.4 Å². The highest BCUT2D eigenvalue weighted by Crippen LogP contribution is 2.47. The molecule has 0 bridgehead atoms. The lowest BCUT2D eigenvalue weighted by atomic mass is 9.74. The van der Waals surface area contributed by atoms with Gasteiger partial charge in [0.15, 0.2) is 6.20 Å². The average Bonchev–Trinajstić information content (AvgIpc) is 3.46. The Morgan fingerprint density at radius 3 is 2.33 bits per heavy atom. The fourth-order valence-corrected chi connectivity index (χ4v) is 6.69. The number of rotatable bonds is 4. The molecule has 2 aromatic heterocycles. The fraction of sp³-hybridized carbons (Fsp3) is 0.250.